The Morgan fingerprint density at radius 2 is 1.80 bits per heavy atom. The first-order valence-electron chi connectivity index (χ1n) is 6.52. The SMILES string of the molecule is Clc1ccc(CCNc2nncc3ccccc23)cc1. The summed E-state index contributed by atoms with van der Waals surface area (Å²) >= 11 is 5.87. The third-order valence-electron chi connectivity index (χ3n) is 3.19. The third-order valence-corrected chi connectivity index (χ3v) is 3.44. The van der Waals surface area contributed by atoms with Gasteiger partial charge >= 0.3 is 0 Å². The maximum Gasteiger partial charge on any atom is 0.156 e. The van der Waals surface area contributed by atoms with E-state index in [1.807, 2.05) is 42.5 Å². The van der Waals surface area contributed by atoms with Crippen molar-refractivity contribution in [3.8, 4) is 0 Å². The molecule has 1 N–H and O–H groups in total. The van der Waals surface area contributed by atoms with Crippen LogP contribution in [0.15, 0.2) is 54.7 Å². The zero-order valence-corrected chi connectivity index (χ0v) is 11.6. The average Bonchev–Trinajstić information content (AvgIpc) is 2.49. The molecule has 0 aliphatic carbocycles. The molecule has 0 amide bonds. The molecule has 4 heteroatoms. The molecular weight excluding hydrogens is 270 g/mol. The normalized spacial score (nSPS) is 10.7. The maximum atomic E-state index is 5.87. The first-order chi connectivity index (χ1) is 9.83. The van der Waals surface area contributed by atoms with Crippen LogP contribution in [0.25, 0.3) is 10.8 Å². The average molecular weight is 284 g/mol. The van der Waals surface area contributed by atoms with Crippen molar-refractivity contribution >= 4 is 28.2 Å². The molecule has 0 bridgehead atoms. The molecule has 0 aliphatic rings. The topological polar surface area (TPSA) is 37.8 Å². The molecule has 1 aromatic heterocycles. The van der Waals surface area contributed by atoms with E-state index >= 15 is 0 Å². The van der Waals surface area contributed by atoms with Crippen molar-refractivity contribution in [1.82, 2.24) is 10.2 Å². The number of fused-ring (bicyclic) bond motifs is 1. The highest BCUT2D eigenvalue weighted by Gasteiger charge is 2.02. The van der Waals surface area contributed by atoms with Gasteiger partial charge in [-0.1, -0.05) is 48.0 Å². The van der Waals surface area contributed by atoms with E-state index in [1.165, 1.54) is 5.56 Å². The quantitative estimate of drug-likeness (QED) is 0.788. The molecule has 0 spiro atoms. The summed E-state index contributed by atoms with van der Waals surface area (Å²) in [5.41, 5.74) is 1.25. The van der Waals surface area contributed by atoms with Gasteiger partial charge in [-0.2, -0.15) is 5.10 Å². The fraction of sp³-hybridized carbons (Fsp3) is 0.125. The van der Waals surface area contributed by atoms with Crippen LogP contribution < -0.4 is 5.32 Å². The van der Waals surface area contributed by atoms with E-state index in [2.05, 4.69) is 21.6 Å². The molecule has 0 radical (unpaired) electrons. The molecule has 3 nitrogen and oxygen atoms in total. The van der Waals surface area contributed by atoms with Crippen LogP contribution in [0.1, 0.15) is 5.56 Å². The summed E-state index contributed by atoms with van der Waals surface area (Å²) in [5, 5.41) is 14.5. The molecule has 3 aromatic rings. The van der Waals surface area contributed by atoms with E-state index in [-0.39, 0.29) is 0 Å². The number of hydrogen-bond donors (Lipinski definition) is 1. The van der Waals surface area contributed by atoms with E-state index in [0.717, 1.165) is 34.6 Å². The molecule has 1 heterocycles. The fourth-order valence-electron chi connectivity index (χ4n) is 2.13. The highest BCUT2D eigenvalue weighted by molar-refractivity contribution is 6.30. The lowest BCUT2D eigenvalue weighted by molar-refractivity contribution is 0.977. The minimum Gasteiger partial charge on any atom is -0.368 e. The number of halogens is 1. The molecular formula is C16H14ClN3. The number of hydrogen-bond acceptors (Lipinski definition) is 3. The largest absolute Gasteiger partial charge is 0.368 e. The predicted molar refractivity (Wildman–Crippen MR) is 83.2 cm³/mol. The molecule has 2 aromatic carbocycles. The standard InChI is InChI=1S/C16H14ClN3/c17-14-7-5-12(6-8-14)9-10-18-16-15-4-2-1-3-13(15)11-19-20-16/h1-8,11H,9-10H2,(H,18,20). The summed E-state index contributed by atoms with van der Waals surface area (Å²) in [6, 6.07) is 16.0. The van der Waals surface area contributed by atoms with E-state index in [4.69, 9.17) is 11.6 Å². The number of nitrogens with zero attached hydrogens (tertiary/aromatic N) is 2. The Kier molecular flexibility index (Phi) is 3.79. The van der Waals surface area contributed by atoms with Gasteiger partial charge in [0.05, 0.1) is 6.20 Å². The molecule has 20 heavy (non-hydrogen) atoms. The van der Waals surface area contributed by atoms with Crippen molar-refractivity contribution in [3.63, 3.8) is 0 Å². The first kappa shape index (κ1) is 12.9. The van der Waals surface area contributed by atoms with Gasteiger partial charge in [-0.3, -0.25) is 0 Å². The molecule has 0 fully saturated rings. The second kappa shape index (κ2) is 5.88. The van der Waals surface area contributed by atoms with Crippen LogP contribution in [-0.4, -0.2) is 16.7 Å². The van der Waals surface area contributed by atoms with Crippen LogP contribution in [0.2, 0.25) is 5.02 Å². The van der Waals surface area contributed by atoms with Gasteiger partial charge in [-0.25, -0.2) is 0 Å². The minimum atomic E-state index is 0.765. The molecule has 0 saturated heterocycles. The van der Waals surface area contributed by atoms with Gasteiger partial charge in [0, 0.05) is 22.3 Å². The van der Waals surface area contributed by atoms with Gasteiger partial charge in [0.2, 0.25) is 0 Å². The second-order valence-electron chi connectivity index (χ2n) is 4.58. The van der Waals surface area contributed by atoms with Gasteiger partial charge in [-0.15, -0.1) is 5.10 Å². The van der Waals surface area contributed by atoms with Crippen molar-refractivity contribution < 1.29 is 0 Å². The Morgan fingerprint density at radius 3 is 2.65 bits per heavy atom. The monoisotopic (exact) mass is 283 g/mol. The second-order valence-corrected chi connectivity index (χ2v) is 5.02. The van der Waals surface area contributed by atoms with Crippen LogP contribution in [-0.2, 0) is 6.42 Å². The zero-order chi connectivity index (χ0) is 13.8. The van der Waals surface area contributed by atoms with Gasteiger partial charge in [0.15, 0.2) is 5.82 Å². The van der Waals surface area contributed by atoms with Crippen LogP contribution in [0, 0.1) is 0 Å². The zero-order valence-electron chi connectivity index (χ0n) is 10.9. The number of benzene rings is 2. The number of rotatable bonds is 4. The Morgan fingerprint density at radius 1 is 1.00 bits per heavy atom. The lowest BCUT2D eigenvalue weighted by atomic mass is 10.1. The van der Waals surface area contributed by atoms with Crippen LogP contribution in [0.4, 0.5) is 5.82 Å². The Bertz CT molecular complexity index is 705. The third kappa shape index (κ3) is 2.89. The Hall–Kier alpha value is -2.13. The molecule has 0 saturated carbocycles. The van der Waals surface area contributed by atoms with Crippen molar-refractivity contribution in [2.24, 2.45) is 0 Å². The summed E-state index contributed by atoms with van der Waals surface area (Å²) in [6.45, 7) is 0.810. The fourth-order valence-corrected chi connectivity index (χ4v) is 2.26. The van der Waals surface area contributed by atoms with E-state index in [1.54, 1.807) is 6.20 Å². The van der Waals surface area contributed by atoms with Gasteiger partial charge in [-0.05, 0) is 24.1 Å². The van der Waals surface area contributed by atoms with Crippen molar-refractivity contribution in [1.29, 1.82) is 0 Å². The Labute approximate surface area is 122 Å². The summed E-state index contributed by atoms with van der Waals surface area (Å²) in [7, 11) is 0. The van der Waals surface area contributed by atoms with E-state index < -0.39 is 0 Å². The highest BCUT2D eigenvalue weighted by Crippen LogP contribution is 2.19. The lowest BCUT2D eigenvalue weighted by Crippen LogP contribution is -2.07. The summed E-state index contributed by atoms with van der Waals surface area (Å²) < 4.78 is 0. The molecule has 0 unspecified atom stereocenters. The van der Waals surface area contributed by atoms with Crippen LogP contribution in [0.5, 0.6) is 0 Å². The van der Waals surface area contributed by atoms with Crippen LogP contribution >= 0.6 is 11.6 Å². The van der Waals surface area contributed by atoms with Crippen molar-refractivity contribution in [3.05, 3.63) is 65.3 Å². The van der Waals surface area contributed by atoms with E-state index in [9.17, 15) is 0 Å². The Balaban J connectivity index is 1.69. The summed E-state index contributed by atoms with van der Waals surface area (Å²) in [5.74, 6) is 0.831. The molecule has 100 valence electrons. The molecule has 0 aliphatic heterocycles. The van der Waals surface area contributed by atoms with Gasteiger partial charge < -0.3 is 5.32 Å². The number of anilines is 1. The van der Waals surface area contributed by atoms with E-state index in [0.29, 0.717) is 0 Å². The first-order valence-corrected chi connectivity index (χ1v) is 6.89. The number of nitrogens with one attached hydrogen (secondary N) is 1. The highest BCUT2D eigenvalue weighted by atomic mass is 35.5. The number of aromatic nitrogens is 2. The van der Waals surface area contributed by atoms with Crippen molar-refractivity contribution in [2.45, 2.75) is 6.42 Å². The van der Waals surface area contributed by atoms with Crippen LogP contribution in [0.3, 0.4) is 0 Å². The maximum absolute atomic E-state index is 5.87. The minimum absolute atomic E-state index is 0.765. The predicted octanol–water partition coefficient (Wildman–Crippen LogP) is 3.94. The summed E-state index contributed by atoms with van der Waals surface area (Å²) in [4.78, 5) is 0. The smallest absolute Gasteiger partial charge is 0.156 e. The van der Waals surface area contributed by atoms with Gasteiger partial charge in [0.1, 0.15) is 0 Å². The van der Waals surface area contributed by atoms with Gasteiger partial charge in [0.25, 0.3) is 0 Å². The summed E-state index contributed by atoms with van der Waals surface area (Å²) in [6.07, 6.45) is 2.70. The molecule has 0 atom stereocenters. The van der Waals surface area contributed by atoms with Crippen molar-refractivity contribution in [2.75, 3.05) is 11.9 Å². The lowest BCUT2D eigenvalue weighted by Gasteiger charge is -2.07. The molecule has 3 rings (SSSR count).